The second-order valence-electron chi connectivity index (χ2n) is 21.6. The predicted molar refractivity (Wildman–Crippen MR) is 292 cm³/mol. The molecule has 5 atom stereocenters. The largest absolute Gasteiger partial charge is 0.496 e. The molecule has 0 spiro atoms. The average Bonchev–Trinajstić information content (AvgIpc) is 4.18. The highest BCUT2D eigenvalue weighted by Crippen LogP contribution is 2.48. The van der Waals surface area contributed by atoms with E-state index < -0.39 is 56.2 Å². The van der Waals surface area contributed by atoms with Crippen molar-refractivity contribution in [1.29, 1.82) is 0 Å². The molecule has 4 amide bonds. The van der Waals surface area contributed by atoms with Crippen LogP contribution in [0.15, 0.2) is 84.3 Å². The molecule has 3 aromatic carbocycles. The minimum absolute atomic E-state index is 0.0283. The molecule has 5 aliphatic rings. The van der Waals surface area contributed by atoms with Crippen molar-refractivity contribution in [1.82, 2.24) is 29.8 Å². The smallest absolute Gasteiger partial charge is 0.259 e. The first-order valence-electron chi connectivity index (χ1n) is 26.4. The van der Waals surface area contributed by atoms with Crippen LogP contribution in [0.4, 0.5) is 11.4 Å². The van der Waals surface area contributed by atoms with E-state index in [1.165, 1.54) is 16.9 Å². The van der Waals surface area contributed by atoms with E-state index in [0.29, 0.717) is 97.6 Å². The molecule has 3 N–H and O–H groups in total. The number of nitrogens with one attached hydrogen (secondary N) is 3. The number of hydrogen-bond donors (Lipinski definition) is 3. The van der Waals surface area contributed by atoms with Crippen LogP contribution in [0.3, 0.4) is 0 Å². The second-order valence-corrected chi connectivity index (χ2v) is 24.7. The van der Waals surface area contributed by atoms with Crippen LogP contribution in [0.5, 0.6) is 11.5 Å². The second kappa shape index (κ2) is 20.9. The van der Waals surface area contributed by atoms with Gasteiger partial charge in [-0.3, -0.25) is 23.9 Å². The van der Waals surface area contributed by atoms with Gasteiger partial charge in [0.05, 0.1) is 29.6 Å². The number of allylic oxidation sites excluding steroid dienone is 1. The molecule has 4 fully saturated rings. The van der Waals surface area contributed by atoms with Crippen molar-refractivity contribution in [3.05, 3.63) is 107 Å². The zero-order chi connectivity index (χ0) is 52.8. The highest BCUT2D eigenvalue weighted by molar-refractivity contribution is 7.91. The number of ether oxygens (including phenoxy) is 2. The summed E-state index contributed by atoms with van der Waals surface area (Å²) in [6.45, 7) is 12.4. The number of aromatic nitrogens is 2. The number of fused-ring (bicyclic) bond motifs is 3. The average molecular weight is 1060 g/mol. The quantitative estimate of drug-likeness (QED) is 0.102. The molecule has 396 valence electrons. The molecule has 75 heavy (non-hydrogen) atoms. The number of amides is 4. The monoisotopic (exact) mass is 1060 g/mol. The van der Waals surface area contributed by atoms with Gasteiger partial charge in [0, 0.05) is 77.9 Å². The van der Waals surface area contributed by atoms with Gasteiger partial charge in [-0.2, -0.15) is 0 Å². The zero-order valence-electron chi connectivity index (χ0n) is 43.7. The Hall–Kier alpha value is -6.53. The Bertz CT molecular complexity index is 3150. The lowest BCUT2D eigenvalue weighted by molar-refractivity contribution is -0.140. The number of thiazole rings is 1. The number of anilines is 2. The van der Waals surface area contributed by atoms with Gasteiger partial charge in [0.25, 0.3) is 11.8 Å². The molecule has 2 aliphatic carbocycles. The number of benzene rings is 3. The van der Waals surface area contributed by atoms with Crippen LogP contribution in [0.1, 0.15) is 112 Å². The summed E-state index contributed by atoms with van der Waals surface area (Å²) in [5.41, 5.74) is 4.92. The summed E-state index contributed by atoms with van der Waals surface area (Å²) in [5, 5.41) is 9.98. The van der Waals surface area contributed by atoms with Gasteiger partial charge in [0.2, 0.25) is 21.8 Å². The lowest BCUT2D eigenvalue weighted by Gasteiger charge is -2.36. The maximum absolute atomic E-state index is 15.4. The molecule has 0 bridgehead atoms. The molecule has 16 nitrogen and oxygen atoms in total. The van der Waals surface area contributed by atoms with Crippen LogP contribution in [-0.2, 0) is 24.4 Å². The van der Waals surface area contributed by atoms with Gasteiger partial charge >= 0.3 is 0 Å². The Morgan fingerprint density at radius 2 is 1.71 bits per heavy atom. The number of sulfonamides is 1. The van der Waals surface area contributed by atoms with Crippen molar-refractivity contribution in [3.63, 3.8) is 0 Å². The number of rotatable bonds is 12. The minimum atomic E-state index is -4.03. The summed E-state index contributed by atoms with van der Waals surface area (Å²) >= 11 is 1.49. The van der Waals surface area contributed by atoms with Crippen molar-refractivity contribution in [2.75, 3.05) is 50.1 Å². The maximum Gasteiger partial charge on any atom is 0.259 e. The van der Waals surface area contributed by atoms with Gasteiger partial charge in [-0.25, -0.2) is 18.4 Å². The maximum atomic E-state index is 15.4. The fourth-order valence-electron chi connectivity index (χ4n) is 10.7. The van der Waals surface area contributed by atoms with Gasteiger partial charge in [0.15, 0.2) is 0 Å². The number of nitrogens with zero attached hydrogens (tertiary/aromatic N) is 5. The topological polar surface area (TPSA) is 192 Å². The van der Waals surface area contributed by atoms with Crippen LogP contribution >= 0.6 is 11.3 Å². The Morgan fingerprint density at radius 1 is 0.933 bits per heavy atom. The Morgan fingerprint density at radius 3 is 2.43 bits per heavy atom. The van der Waals surface area contributed by atoms with Crippen LogP contribution in [-0.4, -0.2) is 120 Å². The number of hydrogen-bond acceptors (Lipinski definition) is 13. The molecule has 0 unspecified atom stereocenters. The highest BCUT2D eigenvalue weighted by Gasteiger charge is 2.63. The van der Waals surface area contributed by atoms with Gasteiger partial charge in [-0.15, -0.1) is 11.3 Å². The van der Waals surface area contributed by atoms with E-state index in [1.807, 2.05) is 59.7 Å². The number of carbonyl (C=O) groups is 4. The minimum Gasteiger partial charge on any atom is -0.496 e. The summed E-state index contributed by atoms with van der Waals surface area (Å²) in [6, 6.07) is 19.4. The van der Waals surface area contributed by atoms with Gasteiger partial charge in [0.1, 0.15) is 45.9 Å². The van der Waals surface area contributed by atoms with E-state index in [9.17, 15) is 18.0 Å². The van der Waals surface area contributed by atoms with Crippen molar-refractivity contribution in [2.24, 2.45) is 5.92 Å². The first-order valence-corrected chi connectivity index (χ1v) is 28.8. The number of carbonyl (C=O) groups excluding carboxylic acids is 4. The SMILES string of the molecule is COc1ccc2c(O[C@@H]3C[C@H]4C(=O)N[C@]5(C(=O)NS(=O)(=O)C6(C)CC6)C[C@H]5/C=C\CCCCC[C@H](Nc5cccc(C(=O)N6CCN(c7ccc(C)cc7)CC6)c5)C(=O)N4C3)cc(-c3nc(C(C)C)cs3)nc2c1C. The molecule has 2 aromatic heterocycles. The molecule has 18 heteroatoms. The van der Waals surface area contributed by atoms with Crippen molar-refractivity contribution < 1.29 is 37.1 Å². The van der Waals surface area contributed by atoms with Crippen LogP contribution in [0.25, 0.3) is 21.6 Å². The fraction of sp³-hybridized carbons (Fsp3) is 0.474. The predicted octanol–water partition coefficient (Wildman–Crippen LogP) is 8.29. The summed E-state index contributed by atoms with van der Waals surface area (Å²) < 4.78 is 40.9. The summed E-state index contributed by atoms with van der Waals surface area (Å²) in [5.74, 6) is -0.870. The summed E-state index contributed by atoms with van der Waals surface area (Å²) in [7, 11) is -2.42. The van der Waals surface area contributed by atoms with Crippen LogP contribution < -0.4 is 29.7 Å². The van der Waals surface area contributed by atoms with E-state index in [-0.39, 0.29) is 37.1 Å². The first kappa shape index (κ1) is 51.9. The lowest BCUT2D eigenvalue weighted by Crippen LogP contribution is -2.58. The molecule has 10 rings (SSSR count). The standard InChI is InChI=1S/C57H68N8O8S2/c1-35(2)46-34-74-52(60-46)45-31-49(43-21-22-48(72-6)37(4)50(43)59-45)73-42-30-47-51(66)61-57(55(69)62-75(70,71)56(5)23-24-56)32-39(57)14-10-8-7-9-11-16-44(54(68)65(47)33-42)58-40-15-12-13-38(29-40)53(67)64-27-25-63(26-28-64)41-19-17-36(3)18-20-41/h10,12-15,17-22,29,31,34-35,39,42,44,47,58H,7-9,11,16,23-28,30,32-33H2,1-6H3,(H,61,66)(H,62,69)/b14-10-/t39-,42-,44+,47+,57-/m1/s1. The van der Waals surface area contributed by atoms with Gasteiger partial charge in [-0.05, 0) is 108 Å². The van der Waals surface area contributed by atoms with E-state index in [4.69, 9.17) is 19.4 Å². The Labute approximate surface area is 443 Å². The summed E-state index contributed by atoms with van der Waals surface area (Å²) in [6.07, 6.45) is 7.83. The molecule has 5 heterocycles. The number of pyridine rings is 1. The third-order valence-electron chi connectivity index (χ3n) is 15.9. The number of aryl methyl sites for hydroxylation is 2. The number of methoxy groups -OCH3 is 1. The van der Waals surface area contributed by atoms with Gasteiger partial charge < -0.3 is 34.8 Å². The van der Waals surface area contributed by atoms with E-state index in [0.717, 1.165) is 34.8 Å². The molecular formula is C57H68N8O8S2. The van der Waals surface area contributed by atoms with E-state index >= 15 is 9.59 Å². The van der Waals surface area contributed by atoms with E-state index in [1.54, 1.807) is 31.1 Å². The molecule has 2 saturated carbocycles. The third kappa shape index (κ3) is 10.7. The zero-order valence-corrected chi connectivity index (χ0v) is 45.3. The fourth-order valence-corrected chi connectivity index (χ4v) is 12.9. The molecular weight excluding hydrogens is 989 g/mol. The van der Waals surface area contributed by atoms with E-state index in [2.05, 4.69) is 65.3 Å². The molecule has 3 aliphatic heterocycles. The van der Waals surface area contributed by atoms with Crippen LogP contribution in [0.2, 0.25) is 0 Å². The van der Waals surface area contributed by atoms with Crippen molar-refractivity contribution >= 4 is 67.3 Å². The normalized spacial score (nSPS) is 24.3. The van der Waals surface area contributed by atoms with Crippen LogP contribution in [0, 0.1) is 19.8 Å². The molecule has 0 radical (unpaired) electrons. The third-order valence-corrected chi connectivity index (χ3v) is 18.9. The van der Waals surface area contributed by atoms with Gasteiger partial charge in [-0.1, -0.05) is 62.6 Å². The lowest BCUT2D eigenvalue weighted by atomic mass is 10.0. The van der Waals surface area contributed by atoms with Crippen molar-refractivity contribution in [3.8, 4) is 22.2 Å². The molecule has 5 aromatic rings. The van der Waals surface area contributed by atoms with Crippen molar-refractivity contribution in [2.45, 2.75) is 127 Å². The molecule has 2 saturated heterocycles. The Kier molecular flexibility index (Phi) is 14.5. The first-order chi connectivity index (χ1) is 36.0. The highest BCUT2D eigenvalue weighted by atomic mass is 32.2. The number of piperazine rings is 1. The summed E-state index contributed by atoms with van der Waals surface area (Å²) in [4.78, 5) is 74.5. The Balaban J connectivity index is 0.954.